The van der Waals surface area contributed by atoms with E-state index in [9.17, 15) is 4.79 Å². The fourth-order valence-corrected chi connectivity index (χ4v) is 4.72. The van der Waals surface area contributed by atoms with Gasteiger partial charge in [-0.3, -0.25) is 0 Å². The molecule has 2 aliphatic rings. The lowest BCUT2D eigenvalue weighted by atomic mass is 9.75. The second-order valence-electron chi connectivity index (χ2n) is 8.13. The average Bonchev–Trinajstić information content (AvgIpc) is 2.61. The molecule has 0 aromatic heterocycles. The predicted octanol–water partition coefficient (Wildman–Crippen LogP) is 4.00. The van der Waals surface area contributed by atoms with Crippen LogP contribution in [0.15, 0.2) is 24.3 Å². The Hall–Kier alpha value is -1.55. The number of carbonyl (C=O) groups excluding carboxylic acids is 1. The Kier molecular flexibility index (Phi) is 6.00. The van der Waals surface area contributed by atoms with E-state index in [-0.39, 0.29) is 6.03 Å². The number of carbonyl (C=O) groups is 1. The van der Waals surface area contributed by atoms with Crippen LogP contribution in [0.1, 0.15) is 62.6 Å². The van der Waals surface area contributed by atoms with Crippen molar-refractivity contribution in [3.8, 4) is 0 Å². The van der Waals surface area contributed by atoms with Crippen molar-refractivity contribution in [2.45, 2.75) is 64.5 Å². The van der Waals surface area contributed by atoms with Crippen LogP contribution in [0.4, 0.5) is 4.79 Å². The highest BCUT2D eigenvalue weighted by atomic mass is 16.2. The summed E-state index contributed by atoms with van der Waals surface area (Å²) in [6.45, 7) is 6.17. The summed E-state index contributed by atoms with van der Waals surface area (Å²) in [6.07, 6.45) is 7.33. The van der Waals surface area contributed by atoms with Gasteiger partial charge in [0.05, 0.1) is 0 Å². The maximum absolute atomic E-state index is 11.4. The molecule has 0 radical (unpaired) electrons. The first-order chi connectivity index (χ1) is 12.0. The van der Waals surface area contributed by atoms with Gasteiger partial charge in [-0.1, -0.05) is 44.0 Å². The summed E-state index contributed by atoms with van der Waals surface area (Å²) in [5, 5.41) is 3.98. The topological polar surface area (TPSA) is 58.4 Å². The fraction of sp³-hybridized carbons (Fsp3) is 0.667. The molecular weight excluding hydrogens is 310 g/mol. The molecule has 0 unspecified atom stereocenters. The summed E-state index contributed by atoms with van der Waals surface area (Å²) in [5.74, 6) is 1.53. The summed E-state index contributed by atoms with van der Waals surface area (Å²) >= 11 is 0. The number of hydrogen-bond acceptors (Lipinski definition) is 2. The van der Waals surface area contributed by atoms with Crippen LogP contribution < -0.4 is 11.1 Å². The zero-order valence-corrected chi connectivity index (χ0v) is 15.7. The molecular formula is C21H33N3O. The third-order valence-corrected chi connectivity index (χ3v) is 6.19. The van der Waals surface area contributed by atoms with Gasteiger partial charge in [0.1, 0.15) is 0 Å². The predicted molar refractivity (Wildman–Crippen MR) is 102 cm³/mol. The van der Waals surface area contributed by atoms with Crippen molar-refractivity contribution in [2.75, 3.05) is 13.1 Å². The van der Waals surface area contributed by atoms with Crippen molar-refractivity contribution in [2.24, 2.45) is 17.6 Å². The first-order valence-corrected chi connectivity index (χ1v) is 9.90. The van der Waals surface area contributed by atoms with Gasteiger partial charge in [0.2, 0.25) is 0 Å². The second-order valence-corrected chi connectivity index (χ2v) is 8.13. The SMILES string of the molecule is Cc1ccccc1[C@H](NC1CCN(C(N)=O)CC1)[C@H]1CCC[C@@H](C)C1. The van der Waals surface area contributed by atoms with Gasteiger partial charge >= 0.3 is 6.03 Å². The molecule has 0 spiro atoms. The molecule has 3 rings (SSSR count). The minimum atomic E-state index is -0.282. The first kappa shape index (κ1) is 18.2. The molecule has 4 nitrogen and oxygen atoms in total. The Morgan fingerprint density at radius 1 is 1.20 bits per heavy atom. The molecule has 1 saturated carbocycles. The van der Waals surface area contributed by atoms with Gasteiger partial charge in [0.25, 0.3) is 0 Å². The van der Waals surface area contributed by atoms with E-state index in [0.717, 1.165) is 31.8 Å². The van der Waals surface area contributed by atoms with Gasteiger partial charge in [-0.15, -0.1) is 0 Å². The van der Waals surface area contributed by atoms with Gasteiger partial charge in [-0.05, 0) is 55.6 Å². The van der Waals surface area contributed by atoms with Crippen molar-refractivity contribution in [3.05, 3.63) is 35.4 Å². The van der Waals surface area contributed by atoms with E-state index in [4.69, 9.17) is 5.73 Å². The van der Waals surface area contributed by atoms with Gasteiger partial charge in [-0.2, -0.15) is 0 Å². The van der Waals surface area contributed by atoms with Crippen LogP contribution in [-0.2, 0) is 0 Å². The minimum Gasteiger partial charge on any atom is -0.351 e. The molecule has 1 aromatic carbocycles. The Morgan fingerprint density at radius 2 is 1.92 bits per heavy atom. The number of primary amides is 1. The van der Waals surface area contributed by atoms with E-state index in [1.54, 1.807) is 4.90 Å². The Balaban J connectivity index is 1.73. The van der Waals surface area contributed by atoms with Gasteiger partial charge in [0, 0.05) is 25.2 Å². The summed E-state index contributed by atoms with van der Waals surface area (Å²) in [5.41, 5.74) is 8.26. The van der Waals surface area contributed by atoms with Crippen molar-refractivity contribution in [1.29, 1.82) is 0 Å². The number of benzene rings is 1. The van der Waals surface area contributed by atoms with E-state index < -0.39 is 0 Å². The fourth-order valence-electron chi connectivity index (χ4n) is 4.72. The third-order valence-electron chi connectivity index (χ3n) is 6.19. The highest BCUT2D eigenvalue weighted by Gasteiger charge is 2.31. The van der Waals surface area contributed by atoms with Crippen LogP contribution >= 0.6 is 0 Å². The number of amides is 2. The zero-order chi connectivity index (χ0) is 17.8. The number of aryl methyl sites for hydroxylation is 1. The van der Waals surface area contributed by atoms with Crippen LogP contribution in [0, 0.1) is 18.8 Å². The largest absolute Gasteiger partial charge is 0.351 e. The van der Waals surface area contributed by atoms with Crippen molar-refractivity contribution < 1.29 is 4.79 Å². The van der Waals surface area contributed by atoms with Crippen LogP contribution in [0.25, 0.3) is 0 Å². The maximum atomic E-state index is 11.4. The molecule has 1 aliphatic heterocycles. The Labute approximate surface area is 152 Å². The van der Waals surface area contributed by atoms with Crippen LogP contribution in [0.5, 0.6) is 0 Å². The van der Waals surface area contributed by atoms with Crippen LogP contribution in [0.2, 0.25) is 0 Å². The molecule has 0 bridgehead atoms. The lowest BCUT2D eigenvalue weighted by Gasteiger charge is -2.39. The molecule has 2 fully saturated rings. The molecule has 3 N–H and O–H groups in total. The Morgan fingerprint density at radius 3 is 2.56 bits per heavy atom. The number of nitrogens with one attached hydrogen (secondary N) is 1. The number of hydrogen-bond donors (Lipinski definition) is 2. The number of piperidine rings is 1. The molecule has 4 heteroatoms. The quantitative estimate of drug-likeness (QED) is 0.868. The lowest BCUT2D eigenvalue weighted by Crippen LogP contribution is -2.48. The second kappa shape index (κ2) is 8.22. The van der Waals surface area contributed by atoms with Gasteiger partial charge < -0.3 is 16.0 Å². The monoisotopic (exact) mass is 343 g/mol. The smallest absolute Gasteiger partial charge is 0.314 e. The average molecular weight is 344 g/mol. The molecule has 1 saturated heterocycles. The van der Waals surface area contributed by atoms with Crippen LogP contribution in [0.3, 0.4) is 0 Å². The van der Waals surface area contributed by atoms with Crippen molar-refractivity contribution in [1.82, 2.24) is 10.2 Å². The van der Waals surface area contributed by atoms with Gasteiger partial charge in [0.15, 0.2) is 0 Å². The summed E-state index contributed by atoms with van der Waals surface area (Å²) in [7, 11) is 0. The van der Waals surface area contributed by atoms with Crippen LogP contribution in [-0.4, -0.2) is 30.1 Å². The standard InChI is InChI=1S/C21H33N3O/c1-15-6-5-8-17(14-15)20(19-9-4-3-7-16(19)2)23-18-10-12-24(13-11-18)21(22)25/h3-4,7,9,15,17-18,20,23H,5-6,8,10-14H2,1-2H3,(H2,22,25)/t15-,17+,20-/m1/s1. The third kappa shape index (κ3) is 4.55. The summed E-state index contributed by atoms with van der Waals surface area (Å²) < 4.78 is 0. The number of likely N-dealkylation sites (tertiary alicyclic amines) is 1. The number of urea groups is 1. The van der Waals surface area contributed by atoms with E-state index in [2.05, 4.69) is 43.4 Å². The minimum absolute atomic E-state index is 0.282. The van der Waals surface area contributed by atoms with E-state index in [1.807, 2.05) is 0 Å². The van der Waals surface area contributed by atoms with E-state index >= 15 is 0 Å². The lowest BCUT2D eigenvalue weighted by molar-refractivity contribution is 0.165. The first-order valence-electron chi connectivity index (χ1n) is 9.90. The Bertz CT molecular complexity index is 580. The number of nitrogens with two attached hydrogens (primary N) is 1. The van der Waals surface area contributed by atoms with Crippen molar-refractivity contribution >= 4 is 6.03 Å². The highest BCUT2D eigenvalue weighted by molar-refractivity contribution is 5.72. The molecule has 3 atom stereocenters. The molecule has 1 aliphatic carbocycles. The van der Waals surface area contributed by atoms with E-state index in [0.29, 0.717) is 18.0 Å². The maximum Gasteiger partial charge on any atom is 0.314 e. The molecule has 2 amide bonds. The molecule has 25 heavy (non-hydrogen) atoms. The molecule has 1 heterocycles. The van der Waals surface area contributed by atoms with E-state index in [1.165, 1.54) is 36.8 Å². The molecule has 138 valence electrons. The van der Waals surface area contributed by atoms with Crippen molar-refractivity contribution in [3.63, 3.8) is 0 Å². The number of rotatable bonds is 4. The van der Waals surface area contributed by atoms with Gasteiger partial charge in [-0.25, -0.2) is 4.79 Å². The zero-order valence-electron chi connectivity index (χ0n) is 15.7. The summed E-state index contributed by atoms with van der Waals surface area (Å²) in [4.78, 5) is 13.1. The highest BCUT2D eigenvalue weighted by Crippen LogP contribution is 2.38. The normalized spacial score (nSPS) is 26.4. The number of nitrogens with zero attached hydrogens (tertiary/aromatic N) is 1. The summed E-state index contributed by atoms with van der Waals surface area (Å²) in [6, 6.07) is 9.43. The molecule has 1 aromatic rings.